The molecule has 2 aliphatic heterocycles. The third-order valence-corrected chi connectivity index (χ3v) is 8.35. The Morgan fingerprint density at radius 1 is 1.08 bits per heavy atom. The quantitative estimate of drug-likeness (QED) is 0.459. The van der Waals surface area contributed by atoms with Gasteiger partial charge in [0, 0.05) is 35.8 Å². The van der Waals surface area contributed by atoms with E-state index in [1.54, 1.807) is 6.20 Å². The Morgan fingerprint density at radius 2 is 1.82 bits per heavy atom. The molecule has 2 saturated carbocycles. The second-order valence-corrected chi connectivity index (χ2v) is 11.6. The Kier molecular flexibility index (Phi) is 7.19. The zero-order valence-electron chi connectivity index (χ0n) is 22.2. The zero-order chi connectivity index (χ0) is 26.1. The summed E-state index contributed by atoms with van der Waals surface area (Å²) in [6.07, 6.45) is 15.1. The molecule has 0 unspecified atom stereocenters. The molecule has 2 saturated heterocycles. The van der Waals surface area contributed by atoms with Crippen molar-refractivity contribution < 1.29 is 9.59 Å². The summed E-state index contributed by atoms with van der Waals surface area (Å²) in [5, 5.41) is 14.7. The molecule has 0 radical (unpaired) electrons. The number of fused-ring (bicyclic) bond motifs is 1. The average Bonchev–Trinajstić information content (AvgIpc) is 3.54. The first kappa shape index (κ1) is 25.1. The van der Waals surface area contributed by atoms with Crippen LogP contribution in [0.4, 0.5) is 11.6 Å². The number of aromatic nitrogens is 3. The fourth-order valence-electron chi connectivity index (χ4n) is 6.07. The van der Waals surface area contributed by atoms with Gasteiger partial charge in [0.2, 0.25) is 5.91 Å². The van der Waals surface area contributed by atoms with Gasteiger partial charge >= 0.3 is 0 Å². The maximum Gasteiger partial charge on any atom is 0.228 e. The highest BCUT2D eigenvalue weighted by molar-refractivity contribution is 5.89. The predicted molar refractivity (Wildman–Crippen MR) is 149 cm³/mol. The number of ketones is 1. The van der Waals surface area contributed by atoms with Crippen molar-refractivity contribution in [3.8, 4) is 0 Å². The minimum atomic E-state index is -0.0343. The molecule has 2 aromatic rings. The molecule has 38 heavy (non-hydrogen) atoms. The van der Waals surface area contributed by atoms with E-state index in [0.717, 1.165) is 73.6 Å². The van der Waals surface area contributed by atoms with E-state index >= 15 is 0 Å². The minimum absolute atomic E-state index is 0.0343. The SMILES string of the molecule is C=C1NC(=O)C/C1=C\c1cnn2c(NC3CC3)cc(NC3CCC(CC(=O)CN4CCCCC4)CC3)nc12. The molecular formula is C29H39N7O2. The Hall–Kier alpha value is -3.20. The topological polar surface area (TPSA) is 104 Å². The number of allylic oxidation sites excluding steroid dienone is 1. The first-order chi connectivity index (χ1) is 18.5. The Labute approximate surface area is 224 Å². The summed E-state index contributed by atoms with van der Waals surface area (Å²) in [6.45, 7) is 6.76. The van der Waals surface area contributed by atoms with Gasteiger partial charge in [-0.15, -0.1) is 0 Å². The fourth-order valence-corrected chi connectivity index (χ4v) is 6.07. The largest absolute Gasteiger partial charge is 0.367 e. The number of carbonyl (C=O) groups excluding carboxylic acids is 2. The summed E-state index contributed by atoms with van der Waals surface area (Å²) >= 11 is 0. The van der Waals surface area contributed by atoms with Crippen LogP contribution in [0.15, 0.2) is 30.1 Å². The van der Waals surface area contributed by atoms with E-state index in [1.807, 2.05) is 10.6 Å². The van der Waals surface area contributed by atoms with Crippen molar-refractivity contribution in [1.82, 2.24) is 24.8 Å². The molecular weight excluding hydrogens is 478 g/mol. The van der Waals surface area contributed by atoms with Crippen LogP contribution in [0.1, 0.15) is 76.2 Å². The third-order valence-electron chi connectivity index (χ3n) is 8.35. The molecule has 6 rings (SSSR count). The molecule has 0 bridgehead atoms. The highest BCUT2D eigenvalue weighted by Gasteiger charge is 2.27. The summed E-state index contributed by atoms with van der Waals surface area (Å²) in [7, 11) is 0. The predicted octanol–water partition coefficient (Wildman–Crippen LogP) is 4.14. The van der Waals surface area contributed by atoms with Gasteiger partial charge in [0.15, 0.2) is 5.65 Å². The van der Waals surface area contributed by atoms with Crippen LogP contribution in [0.2, 0.25) is 0 Å². The van der Waals surface area contributed by atoms with Crippen molar-refractivity contribution in [1.29, 1.82) is 0 Å². The molecule has 2 aromatic heterocycles. The number of amides is 1. The van der Waals surface area contributed by atoms with Crippen LogP contribution in [0.5, 0.6) is 0 Å². The van der Waals surface area contributed by atoms with Gasteiger partial charge in [-0.3, -0.25) is 14.5 Å². The standard InChI is InChI=1S/C29H39N7O2/c1-19-21(15-28(38)31-19)14-22-17-30-36-27(33-24-9-10-24)16-26(34-29(22)36)32-23-7-5-20(6-8-23)13-25(37)18-35-11-3-2-4-12-35/h14,16-17,20,23-24,33H,1-13,15,18H2,(H,31,38)(H,32,34)/b21-14+. The van der Waals surface area contributed by atoms with Crippen molar-refractivity contribution in [2.24, 2.45) is 5.92 Å². The average molecular weight is 518 g/mol. The molecule has 4 heterocycles. The van der Waals surface area contributed by atoms with Crippen LogP contribution in [-0.4, -0.2) is 62.9 Å². The summed E-state index contributed by atoms with van der Waals surface area (Å²) in [4.78, 5) is 31.7. The summed E-state index contributed by atoms with van der Waals surface area (Å²) in [6, 6.07) is 2.88. The highest BCUT2D eigenvalue weighted by atomic mass is 16.2. The van der Waals surface area contributed by atoms with Gasteiger partial charge in [0.25, 0.3) is 0 Å². The lowest BCUT2D eigenvalue weighted by Gasteiger charge is -2.30. The van der Waals surface area contributed by atoms with Crippen LogP contribution < -0.4 is 16.0 Å². The van der Waals surface area contributed by atoms with Crippen LogP contribution >= 0.6 is 0 Å². The van der Waals surface area contributed by atoms with Gasteiger partial charge in [-0.2, -0.15) is 9.61 Å². The third kappa shape index (κ3) is 5.93. The Morgan fingerprint density at radius 3 is 2.53 bits per heavy atom. The number of piperidine rings is 1. The van der Waals surface area contributed by atoms with Gasteiger partial charge < -0.3 is 16.0 Å². The minimum Gasteiger partial charge on any atom is -0.367 e. The van der Waals surface area contributed by atoms with Crippen molar-refractivity contribution in [2.75, 3.05) is 30.3 Å². The number of hydrogen-bond donors (Lipinski definition) is 3. The lowest BCUT2D eigenvalue weighted by atomic mass is 9.83. The van der Waals surface area contributed by atoms with E-state index in [1.165, 1.54) is 32.1 Å². The zero-order valence-corrected chi connectivity index (χ0v) is 22.2. The lowest BCUT2D eigenvalue weighted by Crippen LogP contribution is -2.35. The van der Waals surface area contributed by atoms with Gasteiger partial charge in [0.05, 0.1) is 19.2 Å². The van der Waals surface area contributed by atoms with Crippen LogP contribution in [0, 0.1) is 5.92 Å². The maximum absolute atomic E-state index is 12.7. The highest BCUT2D eigenvalue weighted by Crippen LogP contribution is 2.32. The number of rotatable bonds is 9. The second-order valence-electron chi connectivity index (χ2n) is 11.6. The molecule has 9 nitrogen and oxygen atoms in total. The van der Waals surface area contributed by atoms with Crippen molar-refractivity contribution in [2.45, 2.75) is 82.7 Å². The molecule has 1 amide bonds. The van der Waals surface area contributed by atoms with Crippen molar-refractivity contribution in [3.63, 3.8) is 0 Å². The summed E-state index contributed by atoms with van der Waals surface area (Å²) in [5.41, 5.74) is 3.15. The number of nitrogens with one attached hydrogen (secondary N) is 3. The summed E-state index contributed by atoms with van der Waals surface area (Å²) < 4.78 is 1.85. The van der Waals surface area contributed by atoms with E-state index < -0.39 is 0 Å². The van der Waals surface area contributed by atoms with Crippen molar-refractivity contribution >= 4 is 35.0 Å². The monoisotopic (exact) mass is 517 g/mol. The fraction of sp³-hybridized carbons (Fsp3) is 0.586. The smallest absolute Gasteiger partial charge is 0.228 e. The molecule has 2 aliphatic carbocycles. The van der Waals surface area contributed by atoms with Crippen LogP contribution in [0.3, 0.4) is 0 Å². The van der Waals surface area contributed by atoms with Crippen LogP contribution in [0.25, 0.3) is 11.7 Å². The number of Topliss-reactive ketones (excluding diaryl/α,β-unsaturated/α-hetero) is 1. The Bertz CT molecular complexity index is 1250. The number of likely N-dealkylation sites (tertiary alicyclic amines) is 1. The molecule has 4 fully saturated rings. The van der Waals surface area contributed by atoms with Crippen LogP contribution in [-0.2, 0) is 9.59 Å². The maximum atomic E-state index is 12.7. The van der Waals surface area contributed by atoms with E-state index in [0.29, 0.717) is 42.4 Å². The van der Waals surface area contributed by atoms with E-state index in [4.69, 9.17) is 4.98 Å². The van der Waals surface area contributed by atoms with Gasteiger partial charge in [0.1, 0.15) is 17.4 Å². The molecule has 3 N–H and O–H groups in total. The molecule has 202 valence electrons. The van der Waals surface area contributed by atoms with E-state index in [9.17, 15) is 9.59 Å². The van der Waals surface area contributed by atoms with Gasteiger partial charge in [-0.1, -0.05) is 13.0 Å². The number of carbonyl (C=O) groups is 2. The number of anilines is 2. The van der Waals surface area contributed by atoms with Crippen molar-refractivity contribution in [3.05, 3.63) is 35.7 Å². The van der Waals surface area contributed by atoms with Gasteiger partial charge in [-0.05, 0) is 82.0 Å². The molecule has 0 aromatic carbocycles. The molecule has 9 heteroatoms. The molecule has 0 spiro atoms. The first-order valence-electron chi connectivity index (χ1n) is 14.4. The number of hydrogen-bond acceptors (Lipinski definition) is 7. The first-order valence-corrected chi connectivity index (χ1v) is 14.4. The normalized spacial score (nSPS) is 25.6. The van der Waals surface area contributed by atoms with Gasteiger partial charge in [-0.25, -0.2) is 4.98 Å². The lowest BCUT2D eigenvalue weighted by molar-refractivity contribution is -0.121. The Balaban J connectivity index is 1.11. The number of nitrogens with zero attached hydrogens (tertiary/aromatic N) is 4. The molecule has 4 aliphatic rings. The second kappa shape index (κ2) is 10.9. The van der Waals surface area contributed by atoms with E-state index in [-0.39, 0.29) is 5.91 Å². The van der Waals surface area contributed by atoms with E-state index in [2.05, 4.69) is 38.6 Å². The summed E-state index contributed by atoms with van der Waals surface area (Å²) in [5.74, 6) is 2.64. The molecule has 0 atom stereocenters.